The normalized spacial score (nSPS) is 23.4. The summed E-state index contributed by atoms with van der Waals surface area (Å²) in [5.74, 6) is 0. The first kappa shape index (κ1) is 23.7. The minimum Gasteiger partial charge on any atom is -0.337 e. The Morgan fingerprint density at radius 2 is 1.18 bits per heavy atom. The second-order valence-electron chi connectivity index (χ2n) is 8.84. The van der Waals surface area contributed by atoms with E-state index in [0.29, 0.717) is 0 Å². The van der Waals surface area contributed by atoms with Crippen molar-refractivity contribution < 1.29 is 9.59 Å². The van der Waals surface area contributed by atoms with E-state index in [1.165, 1.54) is 5.56 Å². The molecule has 1 aromatic carbocycles. The number of rotatable bonds is 4. The smallest absolute Gasteiger partial charge is 0.331 e. The Balaban J connectivity index is 0.000000172. The first-order valence-corrected chi connectivity index (χ1v) is 12.3. The van der Waals surface area contributed by atoms with Gasteiger partial charge in [0.1, 0.15) is 0 Å². The topological polar surface area (TPSA) is 86.4 Å². The van der Waals surface area contributed by atoms with Gasteiger partial charge in [-0.15, -0.1) is 0 Å². The summed E-state index contributed by atoms with van der Waals surface area (Å²) in [5, 5.41) is 17.1. The Morgan fingerprint density at radius 1 is 0.636 bits per heavy atom. The first-order valence-electron chi connectivity index (χ1n) is 12.3. The van der Waals surface area contributed by atoms with E-state index in [2.05, 4.69) is 61.2 Å². The zero-order chi connectivity index (χ0) is 22.9. The van der Waals surface area contributed by atoms with Gasteiger partial charge in [0.25, 0.3) is 0 Å². The van der Waals surface area contributed by atoms with E-state index in [4.69, 9.17) is 0 Å². The van der Waals surface area contributed by atoms with Crippen LogP contribution in [0.2, 0.25) is 0 Å². The summed E-state index contributed by atoms with van der Waals surface area (Å²) >= 11 is 0. The van der Waals surface area contributed by atoms with Crippen molar-refractivity contribution in [2.45, 2.75) is 19.4 Å². The molecule has 0 unspecified atom stereocenters. The van der Waals surface area contributed by atoms with Crippen LogP contribution in [0.1, 0.15) is 18.4 Å². The van der Waals surface area contributed by atoms with E-state index in [9.17, 15) is 9.59 Å². The van der Waals surface area contributed by atoms with Crippen LogP contribution in [-0.2, 0) is 6.54 Å². The number of nitrogens with one attached hydrogen (secondary N) is 3. The number of carbonyl (C=O) groups is 2. The van der Waals surface area contributed by atoms with Crippen LogP contribution in [0, 0.1) is 0 Å². The maximum absolute atomic E-state index is 11.8. The molecular weight excluding hydrogens is 420 g/mol. The van der Waals surface area contributed by atoms with E-state index < -0.39 is 0 Å². The molecule has 4 aliphatic heterocycles. The molecule has 4 aliphatic rings. The molecule has 0 aliphatic carbocycles. The molecule has 10 heteroatoms. The van der Waals surface area contributed by atoms with E-state index in [-0.39, 0.29) is 12.1 Å². The molecule has 4 fully saturated rings. The average Bonchev–Trinajstić information content (AvgIpc) is 2.87. The van der Waals surface area contributed by atoms with Gasteiger partial charge in [0.2, 0.25) is 0 Å². The predicted molar refractivity (Wildman–Crippen MR) is 127 cm³/mol. The lowest BCUT2D eigenvalue weighted by molar-refractivity contribution is -0.0317. The number of hydrogen-bond acceptors (Lipinski definition) is 6. The predicted octanol–water partition coefficient (Wildman–Crippen LogP) is 0.356. The highest BCUT2D eigenvalue weighted by Gasteiger charge is 2.27. The molecule has 4 amide bonds. The molecule has 0 radical (unpaired) electrons. The molecule has 0 saturated carbocycles. The zero-order valence-electron chi connectivity index (χ0n) is 19.5. The van der Waals surface area contributed by atoms with Crippen molar-refractivity contribution in [3.63, 3.8) is 0 Å². The molecule has 0 spiro atoms. The van der Waals surface area contributed by atoms with Crippen molar-refractivity contribution >= 4 is 12.1 Å². The molecule has 4 heterocycles. The monoisotopic (exact) mass is 458 g/mol. The molecule has 33 heavy (non-hydrogen) atoms. The second-order valence-corrected chi connectivity index (χ2v) is 8.84. The zero-order valence-corrected chi connectivity index (χ0v) is 19.5. The molecule has 4 saturated heterocycles. The first-order chi connectivity index (χ1) is 16.2. The summed E-state index contributed by atoms with van der Waals surface area (Å²) in [4.78, 5) is 25.7. The lowest BCUT2D eigenvalue weighted by Gasteiger charge is -2.42. The lowest BCUT2D eigenvalue weighted by Crippen LogP contribution is -2.59. The van der Waals surface area contributed by atoms with Gasteiger partial charge in [-0.3, -0.25) is 14.9 Å². The molecule has 0 atom stereocenters. The lowest BCUT2D eigenvalue weighted by atomic mass is 10.2. The highest BCUT2D eigenvalue weighted by Crippen LogP contribution is 2.12. The van der Waals surface area contributed by atoms with Gasteiger partial charge in [0.15, 0.2) is 0 Å². The third kappa shape index (κ3) is 6.80. The van der Waals surface area contributed by atoms with Crippen LogP contribution in [0.4, 0.5) is 9.59 Å². The molecule has 10 nitrogen and oxygen atoms in total. The summed E-state index contributed by atoms with van der Waals surface area (Å²) < 4.78 is 0. The number of nitrogens with zero attached hydrogens (tertiary/aromatic N) is 5. The van der Waals surface area contributed by atoms with Gasteiger partial charge < -0.3 is 16.0 Å². The Morgan fingerprint density at radius 3 is 1.73 bits per heavy atom. The quantitative estimate of drug-likeness (QED) is 0.604. The largest absolute Gasteiger partial charge is 0.337 e. The van der Waals surface area contributed by atoms with Gasteiger partial charge in [-0.05, 0) is 18.4 Å². The number of carbonyl (C=O) groups excluding carboxylic acids is 2. The molecule has 0 aromatic heterocycles. The number of urea groups is 2. The average molecular weight is 459 g/mol. The second kappa shape index (κ2) is 12.2. The molecule has 3 N–H and O–H groups in total. The maximum Gasteiger partial charge on any atom is 0.331 e. The summed E-state index contributed by atoms with van der Waals surface area (Å²) in [7, 11) is 0. The summed E-state index contributed by atoms with van der Waals surface area (Å²) in [5.41, 5.74) is 1.36. The van der Waals surface area contributed by atoms with Gasteiger partial charge in [0, 0.05) is 85.1 Å². The van der Waals surface area contributed by atoms with Crippen LogP contribution in [0.25, 0.3) is 0 Å². The minimum absolute atomic E-state index is 0.0627. The van der Waals surface area contributed by atoms with Crippen molar-refractivity contribution in [2.24, 2.45) is 0 Å². The third-order valence-corrected chi connectivity index (χ3v) is 6.49. The standard InChI is InChI=1S/C15H22N4O.C8H16N4O/c20-15-16-7-4-8-19(15)18-11-9-17(10-12-18)13-14-5-2-1-3-6-14;13-8-10-2-1-5-12(8)11-6-3-9-4-7-11/h1-3,5-6H,4,7-13H2,(H,16,20);9H,1-7H2,(H,10,13). The van der Waals surface area contributed by atoms with Gasteiger partial charge in [-0.1, -0.05) is 30.3 Å². The van der Waals surface area contributed by atoms with Gasteiger partial charge in [-0.2, -0.15) is 0 Å². The Labute approximate surface area is 196 Å². The van der Waals surface area contributed by atoms with Gasteiger partial charge in [-0.25, -0.2) is 19.6 Å². The fourth-order valence-corrected chi connectivity index (χ4v) is 4.65. The minimum atomic E-state index is 0.0627. The van der Waals surface area contributed by atoms with Crippen LogP contribution < -0.4 is 16.0 Å². The SMILES string of the molecule is O=C1NCCCN1N1CCN(Cc2ccccc2)CC1.O=C1NCCCN1N1CCNCC1. The fraction of sp³-hybridized carbons (Fsp3) is 0.652. The maximum atomic E-state index is 11.8. The summed E-state index contributed by atoms with van der Waals surface area (Å²) in [6.45, 7) is 12.1. The van der Waals surface area contributed by atoms with Crippen molar-refractivity contribution in [3.8, 4) is 0 Å². The van der Waals surface area contributed by atoms with E-state index in [0.717, 1.165) is 97.9 Å². The van der Waals surface area contributed by atoms with Gasteiger partial charge in [0.05, 0.1) is 0 Å². The van der Waals surface area contributed by atoms with Crippen molar-refractivity contribution in [2.75, 3.05) is 78.5 Å². The van der Waals surface area contributed by atoms with Gasteiger partial charge >= 0.3 is 12.1 Å². The molecule has 5 rings (SSSR count). The van der Waals surface area contributed by atoms with E-state index in [1.54, 1.807) is 0 Å². The third-order valence-electron chi connectivity index (χ3n) is 6.49. The van der Waals surface area contributed by atoms with Crippen molar-refractivity contribution in [1.82, 2.24) is 40.9 Å². The van der Waals surface area contributed by atoms with Crippen LogP contribution in [0.5, 0.6) is 0 Å². The number of piperazine rings is 2. The molecular formula is C23H38N8O2. The summed E-state index contributed by atoms with van der Waals surface area (Å²) in [6, 6.07) is 10.7. The molecule has 182 valence electrons. The number of hydrogen-bond donors (Lipinski definition) is 3. The Bertz CT molecular complexity index is 750. The van der Waals surface area contributed by atoms with Crippen LogP contribution in [0.3, 0.4) is 0 Å². The van der Waals surface area contributed by atoms with Crippen molar-refractivity contribution in [1.29, 1.82) is 0 Å². The van der Waals surface area contributed by atoms with Crippen LogP contribution in [0.15, 0.2) is 30.3 Å². The number of benzene rings is 1. The number of amides is 4. The fourth-order valence-electron chi connectivity index (χ4n) is 4.65. The Hall–Kier alpha value is -2.40. The highest BCUT2D eigenvalue weighted by molar-refractivity contribution is 5.74. The molecule has 1 aromatic rings. The Kier molecular flexibility index (Phi) is 8.76. The van der Waals surface area contributed by atoms with Crippen LogP contribution in [-0.4, -0.2) is 116 Å². The van der Waals surface area contributed by atoms with Crippen molar-refractivity contribution in [3.05, 3.63) is 35.9 Å². The molecule has 0 bridgehead atoms. The highest BCUT2D eigenvalue weighted by atomic mass is 16.2. The van der Waals surface area contributed by atoms with E-state index in [1.807, 2.05) is 10.0 Å². The summed E-state index contributed by atoms with van der Waals surface area (Å²) in [6.07, 6.45) is 2.09. The van der Waals surface area contributed by atoms with E-state index >= 15 is 0 Å². The van der Waals surface area contributed by atoms with Crippen LogP contribution >= 0.6 is 0 Å². The number of hydrazine groups is 2.